The summed E-state index contributed by atoms with van der Waals surface area (Å²) < 4.78 is 0. The zero-order valence-corrected chi connectivity index (χ0v) is 12.2. The second-order valence-corrected chi connectivity index (χ2v) is 4.94. The molecule has 0 saturated carbocycles. The van der Waals surface area contributed by atoms with Gasteiger partial charge in [0, 0.05) is 6.54 Å². The number of phenolic OH excluding ortho intramolecular Hbond substituents is 1. The van der Waals surface area contributed by atoms with Crippen LogP contribution in [0.15, 0.2) is 46.6 Å². The number of ketones is 1. The Morgan fingerprint density at radius 1 is 1.33 bits per heavy atom. The molecular weight excluding hydrogens is 292 g/mol. The average molecular weight is 307 g/mol. The van der Waals surface area contributed by atoms with E-state index in [1.54, 1.807) is 25.1 Å². The van der Waals surface area contributed by atoms with Gasteiger partial charge >= 0.3 is 0 Å². The summed E-state index contributed by atoms with van der Waals surface area (Å²) in [5.41, 5.74) is 2.32. The molecule has 0 amide bonds. The normalized spacial score (nSPS) is 16.7. The van der Waals surface area contributed by atoms with Crippen molar-refractivity contribution in [1.82, 2.24) is 5.32 Å². The highest BCUT2D eigenvalue weighted by Gasteiger charge is 2.16. The molecule has 0 bridgehead atoms. The summed E-state index contributed by atoms with van der Waals surface area (Å²) in [4.78, 5) is 16.2. The lowest BCUT2D eigenvalue weighted by Gasteiger charge is -2.14. The van der Waals surface area contributed by atoms with E-state index in [1.807, 2.05) is 0 Å². The number of halogens is 1. The highest BCUT2D eigenvalue weighted by Crippen LogP contribution is 2.28. The van der Waals surface area contributed by atoms with Crippen molar-refractivity contribution >= 4 is 28.8 Å². The number of rotatable bonds is 4. The summed E-state index contributed by atoms with van der Waals surface area (Å²) in [6, 6.07) is 4.64. The van der Waals surface area contributed by atoms with Crippen LogP contribution >= 0.6 is 11.6 Å². The van der Waals surface area contributed by atoms with Gasteiger partial charge in [-0.2, -0.15) is 0 Å². The number of aliphatic hydroxyl groups is 1. The first-order valence-corrected chi connectivity index (χ1v) is 6.75. The molecule has 6 heteroatoms. The minimum Gasteiger partial charge on any atom is -0.506 e. The van der Waals surface area contributed by atoms with Gasteiger partial charge in [0.15, 0.2) is 0 Å². The summed E-state index contributed by atoms with van der Waals surface area (Å²) >= 11 is 5.84. The van der Waals surface area contributed by atoms with E-state index in [1.165, 1.54) is 12.1 Å². The average Bonchev–Trinajstić information content (AvgIpc) is 2.44. The maximum absolute atomic E-state index is 11.8. The molecule has 110 valence electrons. The summed E-state index contributed by atoms with van der Waals surface area (Å²) in [6.07, 6.45) is 3.12. The van der Waals surface area contributed by atoms with Crippen molar-refractivity contribution in [1.29, 1.82) is 0 Å². The Bertz CT molecular complexity index is 663. The fraction of sp³-hybridized carbons (Fsp3) is 0.200. The maximum Gasteiger partial charge on any atom is 0.202 e. The number of hydrogen-bond acceptors (Lipinski definition) is 5. The van der Waals surface area contributed by atoms with Crippen molar-refractivity contribution in [3.05, 3.63) is 46.6 Å². The third-order valence-corrected chi connectivity index (χ3v) is 3.21. The van der Waals surface area contributed by atoms with Crippen molar-refractivity contribution in [2.24, 2.45) is 4.99 Å². The summed E-state index contributed by atoms with van der Waals surface area (Å²) in [6.45, 7) is 2.02. The van der Waals surface area contributed by atoms with Crippen LogP contribution in [0.4, 0.5) is 5.69 Å². The van der Waals surface area contributed by atoms with Gasteiger partial charge in [0.1, 0.15) is 5.75 Å². The van der Waals surface area contributed by atoms with Crippen LogP contribution in [0.5, 0.6) is 5.75 Å². The largest absolute Gasteiger partial charge is 0.506 e. The molecule has 1 aromatic carbocycles. The zero-order valence-electron chi connectivity index (χ0n) is 11.4. The van der Waals surface area contributed by atoms with Crippen LogP contribution in [0.2, 0.25) is 5.02 Å². The van der Waals surface area contributed by atoms with E-state index < -0.39 is 0 Å². The number of aliphatic imine (C=N–C) groups is 1. The van der Waals surface area contributed by atoms with E-state index >= 15 is 0 Å². The highest BCUT2D eigenvalue weighted by molar-refractivity contribution is 6.32. The van der Waals surface area contributed by atoms with Crippen molar-refractivity contribution < 1.29 is 15.0 Å². The first-order valence-electron chi connectivity index (χ1n) is 6.38. The van der Waals surface area contributed by atoms with Crippen LogP contribution in [0.3, 0.4) is 0 Å². The first-order chi connectivity index (χ1) is 10.0. The Morgan fingerprint density at radius 3 is 2.76 bits per heavy atom. The summed E-state index contributed by atoms with van der Waals surface area (Å²) in [5.74, 6) is -0.156. The van der Waals surface area contributed by atoms with E-state index in [2.05, 4.69) is 10.3 Å². The molecule has 0 radical (unpaired) electrons. The number of aromatic hydroxyl groups is 1. The number of carbonyl (C=O) groups excluding carboxylic acids is 1. The second kappa shape index (κ2) is 6.56. The fourth-order valence-electron chi connectivity index (χ4n) is 1.82. The molecule has 0 atom stereocenters. The number of phenols is 1. The van der Waals surface area contributed by atoms with Gasteiger partial charge < -0.3 is 15.5 Å². The van der Waals surface area contributed by atoms with Gasteiger partial charge in [-0.3, -0.25) is 4.79 Å². The van der Waals surface area contributed by atoms with E-state index in [-0.39, 0.29) is 23.2 Å². The van der Waals surface area contributed by atoms with Gasteiger partial charge in [-0.05, 0) is 42.8 Å². The third-order valence-electron chi connectivity index (χ3n) is 2.91. The lowest BCUT2D eigenvalue weighted by molar-refractivity contribution is -0.111. The number of allylic oxidation sites excluding steroid dienone is 3. The van der Waals surface area contributed by atoms with Crippen LogP contribution in [0.1, 0.15) is 6.92 Å². The van der Waals surface area contributed by atoms with E-state index in [9.17, 15) is 9.90 Å². The van der Waals surface area contributed by atoms with Gasteiger partial charge in [-0.1, -0.05) is 11.6 Å². The van der Waals surface area contributed by atoms with Crippen molar-refractivity contribution in [3.8, 4) is 5.75 Å². The monoisotopic (exact) mass is 306 g/mol. The van der Waals surface area contributed by atoms with Crippen LogP contribution in [-0.2, 0) is 4.79 Å². The zero-order chi connectivity index (χ0) is 15.4. The first kappa shape index (κ1) is 15.3. The Hall–Kier alpha value is -2.11. The molecule has 3 N–H and O–H groups in total. The van der Waals surface area contributed by atoms with Gasteiger partial charge in [-0.15, -0.1) is 0 Å². The summed E-state index contributed by atoms with van der Waals surface area (Å²) in [7, 11) is 0. The lowest BCUT2D eigenvalue weighted by atomic mass is 10.0. The molecule has 1 aromatic rings. The number of hydrogen-bond donors (Lipinski definition) is 3. The highest BCUT2D eigenvalue weighted by atomic mass is 35.5. The molecule has 21 heavy (non-hydrogen) atoms. The molecule has 0 spiro atoms. The van der Waals surface area contributed by atoms with E-state index in [0.29, 0.717) is 23.6 Å². The van der Waals surface area contributed by atoms with Crippen LogP contribution in [-0.4, -0.2) is 34.9 Å². The van der Waals surface area contributed by atoms with E-state index in [0.717, 1.165) is 5.57 Å². The lowest BCUT2D eigenvalue weighted by Crippen LogP contribution is -2.26. The molecule has 1 aliphatic carbocycles. The maximum atomic E-state index is 11.8. The quantitative estimate of drug-likeness (QED) is 0.744. The molecule has 0 saturated heterocycles. The third kappa shape index (κ3) is 3.71. The van der Waals surface area contributed by atoms with Crippen molar-refractivity contribution in [2.45, 2.75) is 6.92 Å². The second-order valence-electron chi connectivity index (χ2n) is 4.53. The van der Waals surface area contributed by atoms with Crippen LogP contribution in [0, 0.1) is 0 Å². The molecule has 5 nitrogen and oxygen atoms in total. The van der Waals surface area contributed by atoms with Gasteiger partial charge in [0.05, 0.1) is 28.7 Å². The fourth-order valence-corrected chi connectivity index (χ4v) is 2.00. The predicted octanol–water partition coefficient (Wildman–Crippen LogP) is 2.11. The molecular formula is C15H15ClN2O3. The number of aliphatic hydroxyl groups excluding tert-OH is 1. The van der Waals surface area contributed by atoms with Crippen LogP contribution < -0.4 is 5.32 Å². The Labute approximate surface area is 127 Å². The number of carbonyl (C=O) groups is 1. The topological polar surface area (TPSA) is 81.9 Å². The smallest absolute Gasteiger partial charge is 0.202 e. The molecule has 0 aliphatic heterocycles. The Balaban J connectivity index is 2.33. The predicted molar refractivity (Wildman–Crippen MR) is 82.1 cm³/mol. The molecule has 0 unspecified atom stereocenters. The molecule has 2 rings (SSSR count). The molecule has 0 aromatic heterocycles. The molecule has 1 aliphatic rings. The Morgan fingerprint density at radius 2 is 2.10 bits per heavy atom. The van der Waals surface area contributed by atoms with Gasteiger partial charge in [-0.25, -0.2) is 4.99 Å². The molecule has 0 fully saturated rings. The SMILES string of the molecule is CC1=CC(=O)C(NCCO)=CC1=Nc1ccc(O)c(Cl)c1. The number of nitrogens with zero attached hydrogens (tertiary/aromatic N) is 1. The Kier molecular flexibility index (Phi) is 4.77. The van der Waals surface area contributed by atoms with Crippen molar-refractivity contribution in [2.75, 3.05) is 13.2 Å². The van der Waals surface area contributed by atoms with Crippen molar-refractivity contribution in [3.63, 3.8) is 0 Å². The van der Waals surface area contributed by atoms with Gasteiger partial charge in [0.2, 0.25) is 5.78 Å². The number of benzene rings is 1. The molecule has 0 heterocycles. The van der Waals surface area contributed by atoms with Gasteiger partial charge in [0.25, 0.3) is 0 Å². The number of nitrogens with one attached hydrogen (secondary N) is 1. The minimum absolute atomic E-state index is 0.00690. The van der Waals surface area contributed by atoms with Crippen LogP contribution in [0.25, 0.3) is 0 Å². The summed E-state index contributed by atoms with van der Waals surface area (Å²) in [5, 5.41) is 21.3. The standard InChI is InChI=1S/C15H15ClN2O3/c1-9-6-15(21)13(17-4-5-19)8-12(9)18-10-2-3-14(20)11(16)7-10/h2-3,6-8,17,19-20H,4-5H2,1H3. The van der Waals surface area contributed by atoms with E-state index in [4.69, 9.17) is 16.7 Å². The minimum atomic E-state index is -0.149.